The summed E-state index contributed by atoms with van der Waals surface area (Å²) in [5.74, 6) is 0.684. The minimum absolute atomic E-state index is 0.467. The molecule has 8 aromatic carbocycles. The number of nitrogens with zero attached hydrogens (tertiary/aromatic N) is 2. The topological polar surface area (TPSA) is 37.9 Å². The Labute approximate surface area is 310 Å². The van der Waals surface area contributed by atoms with Crippen molar-refractivity contribution in [3.8, 4) is 22.3 Å². The average molecular weight is 697 g/mol. The monoisotopic (exact) mass is 696 g/mol. The summed E-state index contributed by atoms with van der Waals surface area (Å²) in [4.78, 5) is 9.96. The molecule has 0 atom stereocenters. The van der Waals surface area contributed by atoms with Gasteiger partial charge in [0.25, 0.3) is 0 Å². The van der Waals surface area contributed by atoms with Crippen LogP contribution in [0.15, 0.2) is 190 Å². The standard InChI is InChI=1S/C49H32N2OS/c1-3-12-32(13-4-1)30-50-49(36-25-23-35(24-26-36)34-14-5-2-6-15-34)51-31-33-22-27-41-45(28-33)52-44-20-11-19-39(47(41)44)42-29-43-38-17-9-10-21-46(38)53-48(43)40-18-8-7-16-37(40)42/h1-30H,31H2/b50-30+,51-49-. The van der Waals surface area contributed by atoms with E-state index >= 15 is 0 Å². The van der Waals surface area contributed by atoms with Crippen LogP contribution in [0.2, 0.25) is 0 Å². The molecule has 250 valence electrons. The van der Waals surface area contributed by atoms with E-state index in [1.165, 1.54) is 47.6 Å². The first-order valence-electron chi connectivity index (χ1n) is 17.8. The second-order valence-electron chi connectivity index (χ2n) is 13.3. The predicted molar refractivity (Wildman–Crippen MR) is 226 cm³/mol. The fourth-order valence-corrected chi connectivity index (χ4v) is 8.67. The Hall–Kier alpha value is -6.62. The number of aliphatic imine (C=N–C) groups is 2. The fraction of sp³-hybridized carbons (Fsp3) is 0.0204. The summed E-state index contributed by atoms with van der Waals surface area (Å²) in [5, 5.41) is 7.36. The molecule has 0 aliphatic heterocycles. The first-order valence-corrected chi connectivity index (χ1v) is 18.7. The van der Waals surface area contributed by atoms with Crippen LogP contribution in [0.25, 0.3) is 75.1 Å². The lowest BCUT2D eigenvalue weighted by atomic mass is 9.92. The Morgan fingerprint density at radius 3 is 2.08 bits per heavy atom. The van der Waals surface area contributed by atoms with Crippen LogP contribution >= 0.6 is 11.3 Å². The Bertz CT molecular complexity index is 3010. The molecule has 0 spiro atoms. The highest BCUT2D eigenvalue weighted by molar-refractivity contribution is 7.26. The third-order valence-corrected chi connectivity index (χ3v) is 11.3. The number of hydrogen-bond acceptors (Lipinski definition) is 3. The summed E-state index contributed by atoms with van der Waals surface area (Å²) in [6.07, 6.45) is 1.88. The molecule has 0 saturated heterocycles. The van der Waals surface area contributed by atoms with Crippen molar-refractivity contribution >= 4 is 76.3 Å². The SMILES string of the molecule is C(=N\C(=N/Cc1ccc2c(c1)oc1cccc(-c3cc4c5ccccc5sc4c4ccccc34)c12)c1ccc(-c2ccccc2)cc1)/c1ccccc1. The van der Waals surface area contributed by atoms with E-state index in [0.29, 0.717) is 12.4 Å². The molecule has 2 aromatic heterocycles. The zero-order chi connectivity index (χ0) is 35.1. The van der Waals surface area contributed by atoms with Crippen LogP contribution in [0.5, 0.6) is 0 Å². The highest BCUT2D eigenvalue weighted by Gasteiger charge is 2.18. The Morgan fingerprint density at radius 1 is 0.528 bits per heavy atom. The van der Waals surface area contributed by atoms with Crippen LogP contribution in [0.3, 0.4) is 0 Å². The molecule has 0 unspecified atom stereocenters. The van der Waals surface area contributed by atoms with Gasteiger partial charge in [0.15, 0.2) is 5.84 Å². The molecule has 3 nitrogen and oxygen atoms in total. The third-order valence-electron chi connectivity index (χ3n) is 10.0. The minimum atomic E-state index is 0.467. The highest BCUT2D eigenvalue weighted by Crippen LogP contribution is 2.45. The van der Waals surface area contributed by atoms with Crippen LogP contribution in [-0.4, -0.2) is 12.1 Å². The number of amidine groups is 1. The van der Waals surface area contributed by atoms with Crippen molar-refractivity contribution in [2.45, 2.75) is 6.54 Å². The van der Waals surface area contributed by atoms with Gasteiger partial charge in [-0.2, -0.15) is 0 Å². The molecule has 10 rings (SSSR count). The molecule has 0 bridgehead atoms. The second-order valence-corrected chi connectivity index (χ2v) is 14.4. The van der Waals surface area contributed by atoms with Crippen molar-refractivity contribution in [2.24, 2.45) is 9.98 Å². The van der Waals surface area contributed by atoms with Crippen LogP contribution < -0.4 is 0 Å². The molecular weight excluding hydrogens is 665 g/mol. The maximum absolute atomic E-state index is 6.59. The van der Waals surface area contributed by atoms with Crippen LogP contribution in [-0.2, 0) is 6.54 Å². The van der Waals surface area contributed by atoms with Crippen molar-refractivity contribution in [2.75, 3.05) is 0 Å². The van der Waals surface area contributed by atoms with E-state index in [9.17, 15) is 0 Å². The van der Waals surface area contributed by atoms with Gasteiger partial charge in [-0.05, 0) is 63.0 Å². The number of hydrogen-bond donors (Lipinski definition) is 0. The van der Waals surface area contributed by atoms with E-state index in [4.69, 9.17) is 14.4 Å². The summed E-state index contributed by atoms with van der Waals surface area (Å²) >= 11 is 1.87. The zero-order valence-electron chi connectivity index (χ0n) is 28.7. The molecule has 53 heavy (non-hydrogen) atoms. The van der Waals surface area contributed by atoms with Crippen molar-refractivity contribution < 1.29 is 4.42 Å². The molecule has 0 radical (unpaired) electrons. The van der Waals surface area contributed by atoms with Crippen molar-refractivity contribution in [3.63, 3.8) is 0 Å². The summed E-state index contributed by atoms with van der Waals surface area (Å²) in [5.41, 5.74) is 9.52. The van der Waals surface area contributed by atoms with E-state index < -0.39 is 0 Å². The maximum Gasteiger partial charge on any atom is 0.154 e. The Balaban J connectivity index is 1.05. The first-order chi connectivity index (χ1) is 26.3. The normalized spacial score (nSPS) is 12.3. The van der Waals surface area contributed by atoms with Crippen LogP contribution in [0.4, 0.5) is 0 Å². The van der Waals surface area contributed by atoms with Crippen molar-refractivity contribution in [1.82, 2.24) is 0 Å². The Morgan fingerprint density at radius 2 is 1.25 bits per heavy atom. The predicted octanol–water partition coefficient (Wildman–Crippen LogP) is 13.5. The number of rotatable bonds is 6. The van der Waals surface area contributed by atoms with E-state index in [0.717, 1.165) is 44.2 Å². The van der Waals surface area contributed by atoms with Crippen LogP contribution in [0.1, 0.15) is 16.7 Å². The summed E-state index contributed by atoms with van der Waals surface area (Å²) < 4.78 is 9.23. The largest absolute Gasteiger partial charge is 0.456 e. The summed E-state index contributed by atoms with van der Waals surface area (Å²) in [6, 6.07) is 61.9. The van der Waals surface area contributed by atoms with Gasteiger partial charge in [-0.3, -0.25) is 4.99 Å². The second kappa shape index (κ2) is 13.2. The fourth-order valence-electron chi connectivity index (χ4n) is 7.45. The smallest absolute Gasteiger partial charge is 0.154 e. The Kier molecular flexibility index (Phi) is 7.74. The van der Waals surface area contributed by atoms with Gasteiger partial charge < -0.3 is 4.42 Å². The number of benzene rings is 8. The van der Waals surface area contributed by atoms with E-state index in [1.807, 2.05) is 53.9 Å². The molecule has 4 heteroatoms. The highest BCUT2D eigenvalue weighted by atomic mass is 32.1. The van der Waals surface area contributed by atoms with Gasteiger partial charge in [-0.15, -0.1) is 11.3 Å². The molecule has 0 N–H and O–H groups in total. The third kappa shape index (κ3) is 5.70. The van der Waals surface area contributed by atoms with Crippen molar-refractivity contribution in [1.29, 1.82) is 0 Å². The molecule has 0 aliphatic rings. The quantitative estimate of drug-likeness (QED) is 0.126. The molecule has 2 heterocycles. The summed E-state index contributed by atoms with van der Waals surface area (Å²) in [7, 11) is 0. The molecule has 10 aromatic rings. The zero-order valence-corrected chi connectivity index (χ0v) is 29.6. The molecular formula is C49H32N2OS. The molecule has 0 saturated carbocycles. The van der Waals surface area contributed by atoms with Gasteiger partial charge in [0.2, 0.25) is 0 Å². The summed E-state index contributed by atoms with van der Waals surface area (Å²) in [6.45, 7) is 0.467. The van der Waals surface area contributed by atoms with Crippen LogP contribution in [0, 0.1) is 0 Å². The van der Waals surface area contributed by atoms with Gasteiger partial charge in [0, 0.05) is 48.1 Å². The maximum atomic E-state index is 6.59. The van der Waals surface area contributed by atoms with Gasteiger partial charge in [0.05, 0.1) is 6.54 Å². The average Bonchev–Trinajstić information content (AvgIpc) is 3.80. The molecule has 0 amide bonds. The minimum Gasteiger partial charge on any atom is -0.456 e. The molecule has 0 aliphatic carbocycles. The van der Waals surface area contributed by atoms with Crippen molar-refractivity contribution in [3.05, 3.63) is 193 Å². The number of thiophene rings is 1. The lowest BCUT2D eigenvalue weighted by molar-refractivity contribution is 0.668. The number of furan rings is 1. The van der Waals surface area contributed by atoms with Gasteiger partial charge in [-0.25, -0.2) is 4.99 Å². The van der Waals surface area contributed by atoms with E-state index in [-0.39, 0.29) is 0 Å². The molecule has 0 fully saturated rings. The lowest BCUT2D eigenvalue weighted by Gasteiger charge is -2.10. The number of fused-ring (bicyclic) bond motifs is 8. The van der Waals surface area contributed by atoms with E-state index in [1.54, 1.807) is 0 Å². The first kappa shape index (κ1) is 31.1. The van der Waals surface area contributed by atoms with E-state index in [2.05, 4.69) is 140 Å². The lowest BCUT2D eigenvalue weighted by Crippen LogP contribution is -2.00. The van der Waals surface area contributed by atoms with Gasteiger partial charge >= 0.3 is 0 Å². The van der Waals surface area contributed by atoms with Gasteiger partial charge in [0.1, 0.15) is 11.2 Å². The van der Waals surface area contributed by atoms with Gasteiger partial charge in [-0.1, -0.05) is 152 Å².